The fourth-order valence-electron chi connectivity index (χ4n) is 8.02. The fourth-order valence-corrected chi connectivity index (χ4v) is 8.79. The summed E-state index contributed by atoms with van der Waals surface area (Å²) in [5.74, 6) is 2.92. The lowest BCUT2D eigenvalue weighted by atomic mass is 10.1. The monoisotopic (exact) mass is 718 g/mol. The Labute approximate surface area is 309 Å². The minimum absolute atomic E-state index is 0. The second-order valence-corrected chi connectivity index (χ2v) is 16.2. The molecule has 0 N–H and O–H groups in total. The average Bonchev–Trinajstić information content (AvgIpc) is 3.53. The van der Waals surface area contributed by atoms with Crippen molar-refractivity contribution >= 4 is 11.8 Å². The van der Waals surface area contributed by atoms with E-state index in [9.17, 15) is 0 Å². The Morgan fingerprint density at radius 2 is 1.16 bits per heavy atom. The van der Waals surface area contributed by atoms with Crippen LogP contribution in [0.1, 0.15) is 147 Å². The normalized spacial score (nSPS) is 22.4. The Kier molecular flexibility index (Phi) is 19.2. The highest BCUT2D eigenvalue weighted by Gasteiger charge is 2.48. The van der Waals surface area contributed by atoms with E-state index in [0.29, 0.717) is 0 Å². The highest BCUT2D eigenvalue weighted by atomic mass is 35.5. The Balaban J connectivity index is 0.00000541. The molecule has 10 heteroatoms. The largest absolute Gasteiger partial charge is 1.00 e. The predicted molar refractivity (Wildman–Crippen MR) is 197 cm³/mol. The van der Waals surface area contributed by atoms with Gasteiger partial charge in [-0.1, -0.05) is 128 Å². The van der Waals surface area contributed by atoms with Gasteiger partial charge in [0, 0.05) is 17.7 Å². The topological polar surface area (TPSA) is 57.9 Å². The Hall–Kier alpha value is -1.36. The van der Waals surface area contributed by atoms with Gasteiger partial charge < -0.3 is 21.6 Å². The van der Waals surface area contributed by atoms with Gasteiger partial charge in [0.1, 0.15) is 32.3 Å². The summed E-state index contributed by atoms with van der Waals surface area (Å²) in [4.78, 5) is 7.75. The van der Waals surface area contributed by atoms with Gasteiger partial charge in [0.05, 0.1) is 26.6 Å². The van der Waals surface area contributed by atoms with Crippen molar-refractivity contribution in [3.05, 3.63) is 35.7 Å². The standard InChI is InChI=1S/C39H67N6O2S.ClH/c1-2-3-4-5-6-7-8-9-12-15-18-21-28-48-39-41-40-38(47-39)22-19-16-13-10-11-14-17-20-27-46-37-25-23-36(24-26-37)29-45-33-42-30-43(34-45)32-44(31-42)35-45;/h23-26H,2-22,27-35H2,1H3;1H/q+1;/p-1. The summed E-state index contributed by atoms with van der Waals surface area (Å²) in [5.41, 5.74) is 1.42. The van der Waals surface area contributed by atoms with Crippen LogP contribution < -0.4 is 17.1 Å². The second-order valence-electron chi connectivity index (χ2n) is 15.1. The minimum atomic E-state index is 0. The first-order chi connectivity index (χ1) is 23.7. The molecule has 5 heterocycles. The van der Waals surface area contributed by atoms with Gasteiger partial charge in [0.2, 0.25) is 5.89 Å². The number of rotatable bonds is 28. The summed E-state index contributed by atoms with van der Waals surface area (Å²) < 4.78 is 13.1. The third-order valence-corrected chi connectivity index (χ3v) is 11.3. The lowest BCUT2D eigenvalue weighted by Gasteiger charge is -2.60. The first-order valence-corrected chi connectivity index (χ1v) is 20.9. The summed E-state index contributed by atoms with van der Waals surface area (Å²) in [6.07, 6.45) is 27.6. The van der Waals surface area contributed by atoms with Crippen LogP contribution in [-0.4, -0.2) is 81.8 Å². The van der Waals surface area contributed by atoms with Gasteiger partial charge in [-0.25, -0.2) is 14.7 Å². The predicted octanol–water partition coefficient (Wildman–Crippen LogP) is 6.62. The smallest absolute Gasteiger partial charge is 0.276 e. The van der Waals surface area contributed by atoms with Gasteiger partial charge in [-0.15, -0.1) is 10.2 Å². The van der Waals surface area contributed by atoms with Crippen molar-refractivity contribution in [1.82, 2.24) is 24.9 Å². The van der Waals surface area contributed by atoms with Gasteiger partial charge in [0.25, 0.3) is 5.22 Å². The maximum absolute atomic E-state index is 6.07. The molecule has 0 amide bonds. The molecule has 1 aromatic heterocycles. The first-order valence-electron chi connectivity index (χ1n) is 19.9. The van der Waals surface area contributed by atoms with Crippen molar-refractivity contribution < 1.29 is 26.0 Å². The molecule has 4 saturated heterocycles. The van der Waals surface area contributed by atoms with Crippen LogP contribution in [0.5, 0.6) is 5.75 Å². The molecule has 0 spiro atoms. The number of aromatic nitrogens is 2. The second kappa shape index (κ2) is 23.3. The van der Waals surface area contributed by atoms with Crippen LogP contribution in [0.4, 0.5) is 0 Å². The van der Waals surface area contributed by atoms with Crippen LogP contribution >= 0.6 is 11.8 Å². The van der Waals surface area contributed by atoms with E-state index < -0.39 is 0 Å². The minimum Gasteiger partial charge on any atom is -1.00 e. The van der Waals surface area contributed by atoms with E-state index >= 15 is 0 Å². The molecule has 0 unspecified atom stereocenters. The molecule has 2 aromatic rings. The number of thioether (sulfide) groups is 1. The molecule has 0 atom stereocenters. The SMILES string of the molecule is CCCCCCCCCCCCCCSc1nnc(CCCCCCCCCCOc2ccc(C[N+]34CN5CN(CN(C5)C3)C4)cc2)o1.[Cl-]. The number of benzene rings is 1. The molecule has 0 radical (unpaired) electrons. The molecule has 49 heavy (non-hydrogen) atoms. The van der Waals surface area contributed by atoms with E-state index in [1.165, 1.54) is 141 Å². The molecule has 6 rings (SSSR count). The molecule has 1 aromatic carbocycles. The van der Waals surface area contributed by atoms with Crippen LogP contribution in [-0.2, 0) is 13.0 Å². The molecule has 0 saturated carbocycles. The molecule has 4 aliphatic heterocycles. The number of aryl methyl sites for hydroxylation is 1. The van der Waals surface area contributed by atoms with Crippen LogP contribution in [0.25, 0.3) is 0 Å². The Morgan fingerprint density at radius 3 is 1.73 bits per heavy atom. The number of unbranched alkanes of at least 4 members (excludes halogenated alkanes) is 18. The van der Waals surface area contributed by atoms with Crippen LogP contribution in [0.3, 0.4) is 0 Å². The first kappa shape index (κ1) is 40.4. The summed E-state index contributed by atoms with van der Waals surface area (Å²) in [6.45, 7) is 11.2. The number of quaternary nitrogens is 1. The zero-order valence-corrected chi connectivity index (χ0v) is 32.4. The lowest BCUT2D eigenvalue weighted by Crippen LogP contribution is -3.00. The van der Waals surface area contributed by atoms with E-state index in [1.807, 2.05) is 0 Å². The number of nitrogens with zero attached hydrogens (tertiary/aromatic N) is 6. The molecule has 0 aliphatic carbocycles. The van der Waals surface area contributed by atoms with Crippen molar-refractivity contribution in [1.29, 1.82) is 0 Å². The molecule has 8 nitrogen and oxygen atoms in total. The summed E-state index contributed by atoms with van der Waals surface area (Å²) >= 11 is 1.74. The summed E-state index contributed by atoms with van der Waals surface area (Å²) in [7, 11) is 0. The lowest BCUT2D eigenvalue weighted by molar-refractivity contribution is -0.991. The molecule has 4 fully saturated rings. The van der Waals surface area contributed by atoms with Crippen LogP contribution in [0.15, 0.2) is 33.9 Å². The van der Waals surface area contributed by atoms with Crippen molar-refractivity contribution in [2.45, 2.75) is 154 Å². The van der Waals surface area contributed by atoms with Crippen LogP contribution in [0, 0.1) is 0 Å². The van der Waals surface area contributed by atoms with E-state index in [4.69, 9.17) is 9.15 Å². The molecule has 4 bridgehead atoms. The third kappa shape index (κ3) is 15.0. The number of ether oxygens (including phenoxy) is 1. The Bertz CT molecular complexity index is 1100. The molecule has 4 aliphatic rings. The fraction of sp³-hybridized carbons (Fsp3) is 0.795. The molecular weight excluding hydrogens is 652 g/mol. The van der Waals surface area contributed by atoms with Gasteiger partial charge in [-0.2, -0.15) is 0 Å². The highest BCUT2D eigenvalue weighted by Crippen LogP contribution is 2.31. The summed E-state index contributed by atoms with van der Waals surface area (Å²) in [6, 6.07) is 8.91. The zero-order valence-electron chi connectivity index (χ0n) is 30.8. The van der Waals surface area contributed by atoms with Crippen molar-refractivity contribution in [2.24, 2.45) is 0 Å². The van der Waals surface area contributed by atoms with Crippen LogP contribution in [0.2, 0.25) is 0 Å². The zero-order chi connectivity index (χ0) is 33.1. The maximum atomic E-state index is 6.07. The third-order valence-electron chi connectivity index (χ3n) is 10.4. The van der Waals surface area contributed by atoms with Crippen molar-refractivity contribution in [2.75, 3.05) is 52.4 Å². The number of hydrogen-bond acceptors (Lipinski definition) is 8. The van der Waals surface area contributed by atoms with Crippen molar-refractivity contribution in [3.63, 3.8) is 0 Å². The number of halogens is 1. The van der Waals surface area contributed by atoms with Gasteiger partial charge in [-0.05, 0) is 43.5 Å². The van der Waals surface area contributed by atoms with E-state index in [1.54, 1.807) is 11.8 Å². The average molecular weight is 720 g/mol. The van der Waals surface area contributed by atoms with Gasteiger partial charge >= 0.3 is 0 Å². The van der Waals surface area contributed by atoms with E-state index in [0.717, 1.165) is 79.5 Å². The highest BCUT2D eigenvalue weighted by molar-refractivity contribution is 7.99. The van der Waals surface area contributed by atoms with Gasteiger partial charge in [-0.3, -0.25) is 4.48 Å². The quantitative estimate of drug-likeness (QED) is 0.0554. The summed E-state index contributed by atoms with van der Waals surface area (Å²) in [5, 5.41) is 9.31. The Morgan fingerprint density at radius 1 is 0.653 bits per heavy atom. The van der Waals surface area contributed by atoms with E-state index in [-0.39, 0.29) is 12.4 Å². The number of hydrogen-bond donors (Lipinski definition) is 0. The van der Waals surface area contributed by atoms with E-state index in [2.05, 4.69) is 56.1 Å². The molecule has 278 valence electrons. The molecular formula is C39H67ClN6O2S. The maximum Gasteiger partial charge on any atom is 0.276 e. The van der Waals surface area contributed by atoms with Gasteiger partial charge in [0.15, 0.2) is 0 Å². The van der Waals surface area contributed by atoms with Crippen molar-refractivity contribution in [3.8, 4) is 5.75 Å².